The molecule has 1 saturated heterocycles. The molecule has 3 N–H and O–H groups in total. The molecule has 1 aliphatic rings. The average Bonchev–Trinajstić information content (AvgIpc) is 2.77. The molecule has 0 spiro atoms. The molecular weight excluding hydrogens is 404 g/mol. The second-order valence-corrected chi connectivity index (χ2v) is 8.48. The van der Waals surface area contributed by atoms with Crippen LogP contribution in [0.25, 0.3) is 0 Å². The highest BCUT2D eigenvalue weighted by Crippen LogP contribution is 2.29. The predicted octanol–water partition coefficient (Wildman–Crippen LogP) is 4.56. The summed E-state index contributed by atoms with van der Waals surface area (Å²) in [4.78, 5) is 27.8. The number of ether oxygens (including phenoxy) is 1. The Balaban J connectivity index is 1.78. The van der Waals surface area contributed by atoms with Crippen molar-refractivity contribution >= 4 is 29.0 Å². The number of nitrogens with zero attached hydrogens (tertiary/aromatic N) is 1. The number of carbonyl (C=O) groups is 2. The third-order valence-corrected chi connectivity index (χ3v) is 6.07. The fourth-order valence-electron chi connectivity index (χ4n) is 3.85. The van der Waals surface area contributed by atoms with Gasteiger partial charge < -0.3 is 25.6 Å². The summed E-state index contributed by atoms with van der Waals surface area (Å²) < 4.78 is 5.05. The molecule has 32 heavy (non-hydrogen) atoms. The van der Waals surface area contributed by atoms with Crippen LogP contribution in [0.3, 0.4) is 0 Å². The maximum atomic E-state index is 12.9. The molecule has 3 rings (SSSR count). The van der Waals surface area contributed by atoms with Crippen molar-refractivity contribution in [2.24, 2.45) is 5.92 Å². The molecule has 7 heteroatoms. The van der Waals surface area contributed by atoms with Gasteiger partial charge in [-0.3, -0.25) is 4.79 Å². The molecule has 2 aromatic carbocycles. The van der Waals surface area contributed by atoms with Crippen LogP contribution in [0.4, 0.5) is 21.9 Å². The number of methoxy groups -OCH3 is 1. The molecule has 2 aromatic rings. The van der Waals surface area contributed by atoms with Crippen molar-refractivity contribution in [2.45, 2.75) is 33.6 Å². The van der Waals surface area contributed by atoms with E-state index in [1.165, 1.54) is 0 Å². The monoisotopic (exact) mass is 438 g/mol. The molecule has 3 amide bonds. The van der Waals surface area contributed by atoms with Gasteiger partial charge in [-0.15, -0.1) is 0 Å². The summed E-state index contributed by atoms with van der Waals surface area (Å²) in [5, 5.41) is 8.66. The first-order valence-corrected chi connectivity index (χ1v) is 11.2. The lowest BCUT2D eigenvalue weighted by Crippen LogP contribution is -2.35. The van der Waals surface area contributed by atoms with Crippen molar-refractivity contribution in [2.75, 3.05) is 48.9 Å². The van der Waals surface area contributed by atoms with Crippen LogP contribution < -0.4 is 20.9 Å². The summed E-state index contributed by atoms with van der Waals surface area (Å²) in [6.45, 7) is 8.94. The molecule has 1 aliphatic heterocycles. The first-order valence-electron chi connectivity index (χ1n) is 11.2. The first-order chi connectivity index (χ1) is 15.4. The van der Waals surface area contributed by atoms with Crippen molar-refractivity contribution in [3.8, 4) is 0 Å². The number of hydrogen-bond acceptors (Lipinski definition) is 4. The fraction of sp³-hybridized carbons (Fsp3) is 0.440. The third kappa shape index (κ3) is 6.01. The second kappa shape index (κ2) is 11.0. The molecule has 0 radical (unpaired) electrons. The molecule has 0 saturated carbocycles. The smallest absolute Gasteiger partial charge is 0.323 e. The summed E-state index contributed by atoms with van der Waals surface area (Å²) in [5.41, 5.74) is 4.92. The number of rotatable bonds is 7. The van der Waals surface area contributed by atoms with Crippen molar-refractivity contribution in [3.63, 3.8) is 0 Å². The lowest BCUT2D eigenvalue weighted by Gasteiger charge is -2.33. The molecule has 0 aliphatic carbocycles. The van der Waals surface area contributed by atoms with Crippen LogP contribution in [0.2, 0.25) is 0 Å². The maximum absolute atomic E-state index is 12.9. The molecule has 172 valence electrons. The number of piperidine rings is 1. The number of anilines is 3. The second-order valence-electron chi connectivity index (χ2n) is 8.48. The van der Waals surface area contributed by atoms with E-state index >= 15 is 0 Å². The van der Waals surface area contributed by atoms with Gasteiger partial charge in [0.25, 0.3) is 5.91 Å². The zero-order valence-electron chi connectivity index (χ0n) is 19.5. The lowest BCUT2D eigenvalue weighted by atomic mass is 9.98. The van der Waals surface area contributed by atoms with Gasteiger partial charge in [0.15, 0.2) is 0 Å². The summed E-state index contributed by atoms with van der Waals surface area (Å²) in [6.07, 6.45) is 2.20. The molecular formula is C25H34N4O3. The normalized spacial score (nSPS) is 14.2. The van der Waals surface area contributed by atoms with Crippen LogP contribution in [0.15, 0.2) is 36.4 Å². The highest BCUT2D eigenvalue weighted by molar-refractivity contribution is 6.04. The standard InChI is InChI=1S/C25H34N4O3/c1-17-10-13-29(14-11-17)23-9-8-20(16-21(23)24(30)26-12-15-32-4)27-25(31)28-22-7-5-6-18(2)19(22)3/h5-9,16-17H,10-15H2,1-4H3,(H,26,30)(H2,27,28,31). The van der Waals surface area contributed by atoms with Gasteiger partial charge in [0, 0.05) is 43.8 Å². The van der Waals surface area contributed by atoms with E-state index in [-0.39, 0.29) is 11.9 Å². The van der Waals surface area contributed by atoms with E-state index in [9.17, 15) is 9.59 Å². The Morgan fingerprint density at radius 1 is 1.09 bits per heavy atom. The summed E-state index contributed by atoms with van der Waals surface area (Å²) in [6, 6.07) is 11.0. The maximum Gasteiger partial charge on any atom is 0.323 e. The summed E-state index contributed by atoms with van der Waals surface area (Å²) >= 11 is 0. The van der Waals surface area contributed by atoms with Gasteiger partial charge in [-0.05, 0) is 68.0 Å². The number of urea groups is 1. The molecule has 0 unspecified atom stereocenters. The van der Waals surface area contributed by atoms with Gasteiger partial charge in [-0.1, -0.05) is 19.1 Å². The zero-order chi connectivity index (χ0) is 23.1. The van der Waals surface area contributed by atoms with E-state index in [0.29, 0.717) is 30.3 Å². The van der Waals surface area contributed by atoms with Crippen LogP contribution in [0.5, 0.6) is 0 Å². The minimum absolute atomic E-state index is 0.172. The fourth-order valence-corrected chi connectivity index (χ4v) is 3.85. The van der Waals surface area contributed by atoms with E-state index in [1.807, 2.05) is 44.2 Å². The van der Waals surface area contributed by atoms with Gasteiger partial charge in [0.05, 0.1) is 12.2 Å². The number of aryl methyl sites for hydroxylation is 1. The van der Waals surface area contributed by atoms with E-state index in [4.69, 9.17) is 4.74 Å². The Morgan fingerprint density at radius 3 is 2.56 bits per heavy atom. The van der Waals surface area contributed by atoms with Crippen molar-refractivity contribution in [1.29, 1.82) is 0 Å². The van der Waals surface area contributed by atoms with Gasteiger partial charge in [0.1, 0.15) is 0 Å². The molecule has 0 atom stereocenters. The molecule has 0 bridgehead atoms. The molecule has 1 fully saturated rings. The Labute approximate surface area is 190 Å². The van der Waals surface area contributed by atoms with Crippen molar-refractivity contribution in [3.05, 3.63) is 53.1 Å². The number of benzene rings is 2. The van der Waals surface area contributed by atoms with E-state index in [1.54, 1.807) is 13.2 Å². The van der Waals surface area contributed by atoms with Gasteiger partial charge in [-0.2, -0.15) is 0 Å². The largest absolute Gasteiger partial charge is 0.383 e. The Morgan fingerprint density at radius 2 is 1.84 bits per heavy atom. The quantitative estimate of drug-likeness (QED) is 0.554. The molecule has 1 heterocycles. The summed E-state index contributed by atoms with van der Waals surface area (Å²) in [5.74, 6) is 0.522. The molecule has 0 aromatic heterocycles. The van der Waals surface area contributed by atoms with Crippen molar-refractivity contribution in [1.82, 2.24) is 5.32 Å². The van der Waals surface area contributed by atoms with E-state index in [2.05, 4.69) is 27.8 Å². The number of amides is 3. The van der Waals surface area contributed by atoms with Crippen LogP contribution in [0.1, 0.15) is 41.3 Å². The summed E-state index contributed by atoms with van der Waals surface area (Å²) in [7, 11) is 1.60. The van der Waals surface area contributed by atoms with E-state index in [0.717, 1.165) is 48.4 Å². The Hall–Kier alpha value is -3.06. The van der Waals surface area contributed by atoms with E-state index < -0.39 is 0 Å². The van der Waals surface area contributed by atoms with Crippen LogP contribution in [-0.2, 0) is 4.74 Å². The Kier molecular flexibility index (Phi) is 8.11. The minimum Gasteiger partial charge on any atom is -0.383 e. The van der Waals surface area contributed by atoms with Crippen LogP contribution in [-0.4, -0.2) is 45.3 Å². The third-order valence-electron chi connectivity index (χ3n) is 6.07. The number of hydrogen-bond donors (Lipinski definition) is 3. The van der Waals surface area contributed by atoms with Crippen LogP contribution >= 0.6 is 0 Å². The predicted molar refractivity (Wildman–Crippen MR) is 130 cm³/mol. The molecule has 7 nitrogen and oxygen atoms in total. The minimum atomic E-state index is -0.344. The van der Waals surface area contributed by atoms with Crippen molar-refractivity contribution < 1.29 is 14.3 Å². The number of nitrogens with one attached hydrogen (secondary N) is 3. The Bertz CT molecular complexity index is 952. The van der Waals surface area contributed by atoms with Gasteiger partial charge in [0.2, 0.25) is 0 Å². The zero-order valence-corrected chi connectivity index (χ0v) is 19.5. The topological polar surface area (TPSA) is 82.7 Å². The van der Waals surface area contributed by atoms with Gasteiger partial charge >= 0.3 is 6.03 Å². The average molecular weight is 439 g/mol. The SMILES string of the molecule is COCCNC(=O)c1cc(NC(=O)Nc2cccc(C)c2C)ccc1N1CCC(C)CC1. The highest BCUT2D eigenvalue weighted by atomic mass is 16.5. The van der Waals surface area contributed by atoms with Gasteiger partial charge in [-0.25, -0.2) is 4.79 Å². The lowest BCUT2D eigenvalue weighted by molar-refractivity contribution is 0.0937. The van der Waals surface area contributed by atoms with Crippen LogP contribution in [0, 0.1) is 19.8 Å². The highest BCUT2D eigenvalue weighted by Gasteiger charge is 2.22. The number of carbonyl (C=O) groups excluding carboxylic acids is 2. The first kappa shape index (κ1) is 23.6.